The molecule has 25 heavy (non-hydrogen) atoms. The van der Waals surface area contributed by atoms with Crippen molar-refractivity contribution >= 4 is 5.82 Å². The molecule has 1 aromatic heterocycles. The summed E-state index contributed by atoms with van der Waals surface area (Å²) in [6.45, 7) is 3.99. The summed E-state index contributed by atoms with van der Waals surface area (Å²) in [6, 6.07) is 23.0. The maximum atomic E-state index is 6.46. The molecule has 1 atom stereocenters. The van der Waals surface area contributed by atoms with Gasteiger partial charge in [0.15, 0.2) is 0 Å². The van der Waals surface area contributed by atoms with E-state index in [2.05, 4.69) is 60.4 Å². The van der Waals surface area contributed by atoms with Gasteiger partial charge in [-0.2, -0.15) is 0 Å². The van der Waals surface area contributed by atoms with Crippen molar-refractivity contribution < 1.29 is 0 Å². The monoisotopic (exact) mass is 329 g/mol. The topological polar surface area (TPSA) is 42.2 Å². The summed E-state index contributed by atoms with van der Waals surface area (Å²) in [4.78, 5) is 7.22. The van der Waals surface area contributed by atoms with E-state index in [9.17, 15) is 0 Å². The molecule has 4 rings (SSSR count). The number of nitrogens with zero attached hydrogens (tertiary/aromatic N) is 2. The predicted octanol–water partition coefficient (Wildman–Crippen LogP) is 4.00. The predicted molar refractivity (Wildman–Crippen MR) is 103 cm³/mol. The Kier molecular flexibility index (Phi) is 4.24. The molecule has 0 radical (unpaired) electrons. The lowest BCUT2D eigenvalue weighted by atomic mass is 9.98. The van der Waals surface area contributed by atoms with E-state index in [1.807, 2.05) is 18.2 Å². The molecule has 1 aliphatic heterocycles. The zero-order valence-corrected chi connectivity index (χ0v) is 14.5. The maximum absolute atomic E-state index is 6.46. The average Bonchev–Trinajstić information content (AvgIpc) is 2.67. The number of hydrogen-bond acceptors (Lipinski definition) is 3. The highest BCUT2D eigenvalue weighted by atomic mass is 15.2. The molecule has 0 aliphatic carbocycles. The first-order chi connectivity index (χ1) is 12.2. The molecule has 0 spiro atoms. The van der Waals surface area contributed by atoms with E-state index in [0.717, 1.165) is 42.1 Å². The standard InChI is InChI=1S/C22H23N3/c1-16-20(22(23)18-8-3-2-4-9-18)11-12-21(24-16)25-14-13-17-7-5-6-10-19(17)15-25/h2-12,22H,13-15,23H2,1H3/t22-/m0/s1. The van der Waals surface area contributed by atoms with Gasteiger partial charge in [0.25, 0.3) is 0 Å². The zero-order valence-electron chi connectivity index (χ0n) is 14.5. The van der Waals surface area contributed by atoms with Gasteiger partial charge in [-0.1, -0.05) is 60.7 Å². The average molecular weight is 329 g/mol. The molecule has 2 aromatic carbocycles. The van der Waals surface area contributed by atoms with Crippen LogP contribution in [-0.2, 0) is 13.0 Å². The third kappa shape index (κ3) is 3.15. The third-order valence-corrected chi connectivity index (χ3v) is 5.06. The first-order valence-corrected chi connectivity index (χ1v) is 8.82. The van der Waals surface area contributed by atoms with Crippen molar-refractivity contribution in [1.29, 1.82) is 0 Å². The molecular weight excluding hydrogens is 306 g/mol. The van der Waals surface area contributed by atoms with Gasteiger partial charge in [-0.25, -0.2) is 4.98 Å². The van der Waals surface area contributed by atoms with Crippen molar-refractivity contribution in [3.05, 3.63) is 94.7 Å². The third-order valence-electron chi connectivity index (χ3n) is 5.06. The smallest absolute Gasteiger partial charge is 0.129 e. The van der Waals surface area contributed by atoms with Crippen LogP contribution in [0.1, 0.15) is 34.0 Å². The second-order valence-corrected chi connectivity index (χ2v) is 6.67. The van der Waals surface area contributed by atoms with Gasteiger partial charge < -0.3 is 10.6 Å². The molecule has 0 bridgehead atoms. The van der Waals surface area contributed by atoms with Crippen molar-refractivity contribution in [2.75, 3.05) is 11.4 Å². The summed E-state index contributed by atoms with van der Waals surface area (Å²) in [6.07, 6.45) is 1.07. The normalized spacial score (nSPS) is 14.9. The van der Waals surface area contributed by atoms with Crippen LogP contribution in [0.25, 0.3) is 0 Å². The molecule has 3 nitrogen and oxygen atoms in total. The van der Waals surface area contributed by atoms with Crippen LogP contribution in [0.4, 0.5) is 5.82 Å². The number of nitrogens with two attached hydrogens (primary N) is 1. The van der Waals surface area contributed by atoms with Crippen molar-refractivity contribution in [3.8, 4) is 0 Å². The van der Waals surface area contributed by atoms with Crippen LogP contribution >= 0.6 is 0 Å². The molecule has 2 heterocycles. The lowest BCUT2D eigenvalue weighted by Gasteiger charge is -2.30. The summed E-state index contributed by atoms with van der Waals surface area (Å²) in [5.41, 5.74) is 12.5. The van der Waals surface area contributed by atoms with Gasteiger partial charge in [-0.3, -0.25) is 0 Å². The van der Waals surface area contributed by atoms with Gasteiger partial charge >= 0.3 is 0 Å². The molecule has 3 aromatic rings. The number of rotatable bonds is 3. The second-order valence-electron chi connectivity index (χ2n) is 6.67. The fraction of sp³-hybridized carbons (Fsp3) is 0.227. The molecule has 0 unspecified atom stereocenters. The van der Waals surface area contributed by atoms with E-state index >= 15 is 0 Å². The molecule has 1 aliphatic rings. The number of aryl methyl sites for hydroxylation is 1. The van der Waals surface area contributed by atoms with Gasteiger partial charge in [-0.05, 0) is 41.7 Å². The van der Waals surface area contributed by atoms with E-state index in [1.165, 1.54) is 11.1 Å². The van der Waals surface area contributed by atoms with Gasteiger partial charge in [0, 0.05) is 18.8 Å². The SMILES string of the molecule is Cc1nc(N2CCc3ccccc3C2)ccc1[C@@H](N)c1ccccc1. The molecule has 126 valence electrons. The van der Waals surface area contributed by atoms with E-state index in [4.69, 9.17) is 10.7 Å². The lowest BCUT2D eigenvalue weighted by molar-refractivity contribution is 0.717. The highest BCUT2D eigenvalue weighted by molar-refractivity contribution is 5.47. The van der Waals surface area contributed by atoms with Crippen LogP contribution < -0.4 is 10.6 Å². The minimum absolute atomic E-state index is 0.134. The van der Waals surface area contributed by atoms with E-state index in [0.29, 0.717) is 0 Å². The molecule has 3 heteroatoms. The van der Waals surface area contributed by atoms with E-state index in [-0.39, 0.29) is 6.04 Å². The maximum Gasteiger partial charge on any atom is 0.129 e. The summed E-state index contributed by atoms with van der Waals surface area (Å²) in [5.74, 6) is 1.04. The highest BCUT2D eigenvalue weighted by Crippen LogP contribution is 2.27. The molecule has 2 N–H and O–H groups in total. The Morgan fingerprint density at radius 1 is 0.920 bits per heavy atom. The number of hydrogen-bond donors (Lipinski definition) is 1. The Morgan fingerprint density at radius 3 is 2.40 bits per heavy atom. The van der Waals surface area contributed by atoms with Crippen LogP contribution in [0.5, 0.6) is 0 Å². The molecule has 0 saturated heterocycles. The Balaban J connectivity index is 1.58. The Hall–Kier alpha value is -2.65. The summed E-state index contributed by atoms with van der Waals surface area (Å²) >= 11 is 0. The van der Waals surface area contributed by atoms with Gasteiger partial charge in [0.2, 0.25) is 0 Å². The van der Waals surface area contributed by atoms with Gasteiger partial charge in [-0.15, -0.1) is 0 Å². The van der Waals surface area contributed by atoms with Crippen LogP contribution in [0, 0.1) is 6.92 Å². The van der Waals surface area contributed by atoms with Gasteiger partial charge in [0.1, 0.15) is 5.82 Å². The molecule has 0 amide bonds. The number of pyridine rings is 1. The number of anilines is 1. The fourth-order valence-electron chi connectivity index (χ4n) is 3.59. The first-order valence-electron chi connectivity index (χ1n) is 8.82. The van der Waals surface area contributed by atoms with Gasteiger partial charge in [0.05, 0.1) is 6.04 Å². The largest absolute Gasteiger partial charge is 0.352 e. The van der Waals surface area contributed by atoms with Crippen molar-refractivity contribution in [2.24, 2.45) is 5.73 Å². The summed E-state index contributed by atoms with van der Waals surface area (Å²) in [5, 5.41) is 0. The van der Waals surface area contributed by atoms with Crippen molar-refractivity contribution in [1.82, 2.24) is 4.98 Å². The molecule has 0 saturated carbocycles. The minimum atomic E-state index is -0.134. The lowest BCUT2D eigenvalue weighted by Crippen LogP contribution is -2.31. The molecule has 0 fully saturated rings. The van der Waals surface area contributed by atoms with E-state index < -0.39 is 0 Å². The number of benzene rings is 2. The number of aromatic nitrogens is 1. The van der Waals surface area contributed by atoms with Crippen molar-refractivity contribution in [3.63, 3.8) is 0 Å². The Bertz CT molecular complexity index is 873. The Labute approximate surface area is 149 Å². The summed E-state index contributed by atoms with van der Waals surface area (Å²) in [7, 11) is 0. The van der Waals surface area contributed by atoms with Crippen LogP contribution in [0.3, 0.4) is 0 Å². The highest BCUT2D eigenvalue weighted by Gasteiger charge is 2.19. The van der Waals surface area contributed by atoms with Crippen LogP contribution in [-0.4, -0.2) is 11.5 Å². The first kappa shape index (κ1) is 15.9. The minimum Gasteiger partial charge on any atom is -0.352 e. The van der Waals surface area contributed by atoms with Crippen LogP contribution in [0.15, 0.2) is 66.7 Å². The molecular formula is C22H23N3. The zero-order chi connectivity index (χ0) is 17.2. The second kappa shape index (κ2) is 6.69. The fourth-order valence-corrected chi connectivity index (χ4v) is 3.59. The van der Waals surface area contributed by atoms with Crippen molar-refractivity contribution in [2.45, 2.75) is 25.9 Å². The number of fused-ring (bicyclic) bond motifs is 1. The summed E-state index contributed by atoms with van der Waals surface area (Å²) < 4.78 is 0. The Morgan fingerprint density at radius 2 is 1.64 bits per heavy atom. The van der Waals surface area contributed by atoms with E-state index in [1.54, 1.807) is 0 Å². The quantitative estimate of drug-likeness (QED) is 0.790. The van der Waals surface area contributed by atoms with Crippen LogP contribution in [0.2, 0.25) is 0 Å².